The molecular weight excluding hydrogens is 264 g/mol. The van der Waals surface area contributed by atoms with Crippen LogP contribution < -0.4 is 5.32 Å². The number of hydrogen-bond acceptors (Lipinski definition) is 4. The summed E-state index contributed by atoms with van der Waals surface area (Å²) < 4.78 is 5.94. The molecule has 1 heterocycles. The Bertz CT molecular complexity index is 325. The Morgan fingerprint density at radius 3 is 2.48 bits per heavy atom. The standard InChI is InChI=1S/C17H34N2O2/c1-5-17(6-2,11-18-14-7-8-14)13-19-9-15(10-20)21-16(3,4)12-19/h14-15,18,20H,5-13H2,1-4H3. The lowest BCUT2D eigenvalue weighted by atomic mass is 9.81. The van der Waals surface area contributed by atoms with Gasteiger partial charge in [-0.05, 0) is 44.9 Å². The Hall–Kier alpha value is -0.160. The molecule has 1 saturated heterocycles. The monoisotopic (exact) mass is 298 g/mol. The first-order valence-electron chi connectivity index (χ1n) is 8.66. The Balaban J connectivity index is 1.96. The summed E-state index contributed by atoms with van der Waals surface area (Å²) in [5.74, 6) is 0. The van der Waals surface area contributed by atoms with Gasteiger partial charge in [-0.25, -0.2) is 0 Å². The van der Waals surface area contributed by atoms with E-state index in [1.54, 1.807) is 0 Å². The van der Waals surface area contributed by atoms with Gasteiger partial charge in [0.15, 0.2) is 0 Å². The number of rotatable bonds is 8. The minimum Gasteiger partial charge on any atom is -0.394 e. The van der Waals surface area contributed by atoms with Crippen LogP contribution in [0.2, 0.25) is 0 Å². The summed E-state index contributed by atoms with van der Waals surface area (Å²) >= 11 is 0. The topological polar surface area (TPSA) is 44.7 Å². The van der Waals surface area contributed by atoms with Crippen LogP contribution in [0.3, 0.4) is 0 Å². The SMILES string of the molecule is CCC(CC)(CNC1CC1)CN1CC(CO)OC(C)(C)C1. The van der Waals surface area contributed by atoms with Gasteiger partial charge < -0.3 is 15.2 Å². The Morgan fingerprint density at radius 1 is 1.29 bits per heavy atom. The van der Waals surface area contributed by atoms with E-state index in [0.717, 1.165) is 32.2 Å². The van der Waals surface area contributed by atoms with Gasteiger partial charge in [0.2, 0.25) is 0 Å². The van der Waals surface area contributed by atoms with Crippen molar-refractivity contribution in [2.24, 2.45) is 5.41 Å². The average molecular weight is 298 g/mol. The minimum absolute atomic E-state index is 0.0449. The predicted molar refractivity (Wildman–Crippen MR) is 86.5 cm³/mol. The Morgan fingerprint density at radius 2 is 1.95 bits per heavy atom. The summed E-state index contributed by atoms with van der Waals surface area (Å²) in [4.78, 5) is 2.51. The van der Waals surface area contributed by atoms with Crippen LogP contribution in [0.4, 0.5) is 0 Å². The zero-order valence-corrected chi connectivity index (χ0v) is 14.3. The number of nitrogens with zero attached hydrogens (tertiary/aromatic N) is 1. The predicted octanol–water partition coefficient (Wildman–Crippen LogP) is 2.02. The molecule has 2 N–H and O–H groups in total. The van der Waals surface area contributed by atoms with E-state index in [2.05, 4.69) is 37.9 Å². The van der Waals surface area contributed by atoms with Crippen LogP contribution >= 0.6 is 0 Å². The average Bonchev–Trinajstić information content (AvgIpc) is 3.26. The number of nitrogens with one attached hydrogen (secondary N) is 1. The number of hydrogen-bond donors (Lipinski definition) is 2. The van der Waals surface area contributed by atoms with Gasteiger partial charge in [0.05, 0.1) is 18.3 Å². The van der Waals surface area contributed by atoms with Crippen molar-refractivity contribution in [3.63, 3.8) is 0 Å². The van der Waals surface area contributed by atoms with Crippen molar-refractivity contribution in [3.05, 3.63) is 0 Å². The van der Waals surface area contributed by atoms with Crippen LogP contribution in [-0.2, 0) is 4.74 Å². The van der Waals surface area contributed by atoms with Crippen molar-refractivity contribution in [1.82, 2.24) is 10.2 Å². The van der Waals surface area contributed by atoms with Gasteiger partial charge in [0.1, 0.15) is 0 Å². The second kappa shape index (κ2) is 6.95. The summed E-state index contributed by atoms with van der Waals surface area (Å²) in [6, 6.07) is 0.772. The lowest BCUT2D eigenvalue weighted by Gasteiger charge is -2.46. The molecule has 1 atom stereocenters. The van der Waals surface area contributed by atoms with Crippen LogP contribution in [0.25, 0.3) is 0 Å². The second-order valence-corrected chi connectivity index (χ2v) is 7.71. The minimum atomic E-state index is -0.164. The van der Waals surface area contributed by atoms with E-state index >= 15 is 0 Å². The fraction of sp³-hybridized carbons (Fsp3) is 1.00. The highest BCUT2D eigenvalue weighted by Gasteiger charge is 2.37. The van der Waals surface area contributed by atoms with Crippen LogP contribution in [0, 0.1) is 5.41 Å². The van der Waals surface area contributed by atoms with Gasteiger partial charge in [-0.2, -0.15) is 0 Å². The van der Waals surface area contributed by atoms with Crippen LogP contribution in [0.15, 0.2) is 0 Å². The van der Waals surface area contributed by atoms with Gasteiger partial charge in [-0.1, -0.05) is 13.8 Å². The largest absolute Gasteiger partial charge is 0.394 e. The number of morpholine rings is 1. The fourth-order valence-corrected chi connectivity index (χ4v) is 3.53. The third-order valence-electron chi connectivity index (χ3n) is 5.16. The Labute approximate surface area is 130 Å². The summed E-state index contributed by atoms with van der Waals surface area (Å²) in [7, 11) is 0. The number of ether oxygens (including phenoxy) is 1. The molecule has 2 aliphatic rings. The van der Waals surface area contributed by atoms with E-state index < -0.39 is 0 Å². The molecule has 0 aromatic rings. The van der Waals surface area contributed by atoms with Crippen molar-refractivity contribution in [2.45, 2.75) is 71.1 Å². The van der Waals surface area contributed by atoms with Crippen molar-refractivity contribution < 1.29 is 9.84 Å². The normalized spacial score (nSPS) is 27.0. The Kier molecular flexibility index (Phi) is 5.69. The van der Waals surface area contributed by atoms with Crippen molar-refractivity contribution in [1.29, 1.82) is 0 Å². The van der Waals surface area contributed by atoms with Gasteiger partial charge in [-0.15, -0.1) is 0 Å². The molecule has 0 radical (unpaired) electrons. The number of aliphatic hydroxyl groups is 1. The maximum atomic E-state index is 9.47. The van der Waals surface area contributed by atoms with Gasteiger partial charge in [0, 0.05) is 32.2 Å². The second-order valence-electron chi connectivity index (χ2n) is 7.71. The van der Waals surface area contributed by atoms with Crippen LogP contribution in [-0.4, -0.2) is 60.5 Å². The highest BCUT2D eigenvalue weighted by molar-refractivity contribution is 4.91. The molecule has 1 unspecified atom stereocenters. The summed E-state index contributed by atoms with van der Waals surface area (Å²) in [6.07, 6.45) is 5.05. The van der Waals surface area contributed by atoms with E-state index in [4.69, 9.17) is 4.74 Å². The first-order chi connectivity index (χ1) is 9.92. The van der Waals surface area contributed by atoms with Crippen molar-refractivity contribution in [2.75, 3.05) is 32.8 Å². The molecule has 124 valence electrons. The summed E-state index contributed by atoms with van der Waals surface area (Å²) in [6.45, 7) is 13.0. The molecule has 21 heavy (non-hydrogen) atoms. The molecule has 1 aliphatic carbocycles. The lowest BCUT2D eigenvalue weighted by Crippen LogP contribution is -2.57. The molecule has 0 spiro atoms. The third-order valence-corrected chi connectivity index (χ3v) is 5.16. The quantitative estimate of drug-likeness (QED) is 0.719. The maximum absolute atomic E-state index is 9.47. The van der Waals surface area contributed by atoms with Crippen molar-refractivity contribution >= 4 is 0 Å². The molecule has 2 rings (SSSR count). The summed E-state index contributed by atoms with van der Waals surface area (Å²) in [5, 5.41) is 13.2. The van der Waals surface area contributed by atoms with Crippen molar-refractivity contribution in [3.8, 4) is 0 Å². The highest BCUT2D eigenvalue weighted by Crippen LogP contribution is 2.31. The third kappa shape index (κ3) is 4.92. The zero-order chi connectivity index (χ0) is 15.5. The molecule has 0 bridgehead atoms. The molecular formula is C17H34N2O2. The maximum Gasteiger partial charge on any atom is 0.0940 e. The number of aliphatic hydroxyl groups excluding tert-OH is 1. The molecule has 4 nitrogen and oxygen atoms in total. The molecule has 4 heteroatoms. The summed E-state index contributed by atoms with van der Waals surface area (Å²) in [5.41, 5.74) is 0.179. The van der Waals surface area contributed by atoms with Crippen LogP contribution in [0.1, 0.15) is 53.4 Å². The van der Waals surface area contributed by atoms with Gasteiger partial charge in [0.25, 0.3) is 0 Å². The highest BCUT2D eigenvalue weighted by atomic mass is 16.5. The first-order valence-corrected chi connectivity index (χ1v) is 8.66. The van der Waals surface area contributed by atoms with E-state index in [-0.39, 0.29) is 18.3 Å². The molecule has 0 amide bonds. The van der Waals surface area contributed by atoms with E-state index in [1.165, 1.54) is 25.7 Å². The lowest BCUT2D eigenvalue weighted by molar-refractivity contribution is -0.154. The molecule has 0 aromatic carbocycles. The molecule has 1 aliphatic heterocycles. The zero-order valence-electron chi connectivity index (χ0n) is 14.3. The van der Waals surface area contributed by atoms with Crippen LogP contribution in [0.5, 0.6) is 0 Å². The molecule has 1 saturated carbocycles. The smallest absolute Gasteiger partial charge is 0.0940 e. The molecule has 0 aromatic heterocycles. The van der Waals surface area contributed by atoms with E-state index in [1.807, 2.05) is 0 Å². The van der Waals surface area contributed by atoms with E-state index in [0.29, 0.717) is 5.41 Å². The van der Waals surface area contributed by atoms with Gasteiger partial charge >= 0.3 is 0 Å². The van der Waals surface area contributed by atoms with Gasteiger partial charge in [-0.3, -0.25) is 4.90 Å². The van der Waals surface area contributed by atoms with E-state index in [9.17, 15) is 5.11 Å². The molecule has 2 fully saturated rings. The fourth-order valence-electron chi connectivity index (χ4n) is 3.53. The first kappa shape index (κ1) is 17.2.